The van der Waals surface area contributed by atoms with Gasteiger partial charge in [-0.2, -0.15) is 0 Å². The van der Waals surface area contributed by atoms with Gasteiger partial charge in [-0.3, -0.25) is 4.79 Å². The van der Waals surface area contributed by atoms with Crippen LogP contribution in [0.4, 0.5) is 0 Å². The van der Waals surface area contributed by atoms with Gasteiger partial charge in [-0.1, -0.05) is 0 Å². The summed E-state index contributed by atoms with van der Waals surface area (Å²) < 4.78 is 20.1. The summed E-state index contributed by atoms with van der Waals surface area (Å²) in [7, 11) is 4.19. The first kappa shape index (κ1) is 14.8. The van der Waals surface area contributed by atoms with E-state index in [9.17, 15) is 9.59 Å². The van der Waals surface area contributed by atoms with Gasteiger partial charge in [0.2, 0.25) is 0 Å². The number of esters is 1. The summed E-state index contributed by atoms with van der Waals surface area (Å²) in [6.45, 7) is 1.52. The summed E-state index contributed by atoms with van der Waals surface area (Å²) >= 11 is 0. The van der Waals surface area contributed by atoms with Crippen LogP contribution in [0.25, 0.3) is 0 Å². The van der Waals surface area contributed by atoms with E-state index >= 15 is 0 Å². The molecule has 1 unspecified atom stereocenters. The predicted octanol–water partition coefficient (Wildman–Crippen LogP) is 1.46. The van der Waals surface area contributed by atoms with E-state index in [2.05, 4.69) is 4.74 Å². The van der Waals surface area contributed by atoms with Crippen molar-refractivity contribution < 1.29 is 28.5 Å². The summed E-state index contributed by atoms with van der Waals surface area (Å²) in [6.07, 6.45) is -0.219. The molecule has 19 heavy (non-hydrogen) atoms. The van der Waals surface area contributed by atoms with E-state index < -0.39 is 12.1 Å². The number of hydrogen-bond donors (Lipinski definition) is 0. The Hall–Kier alpha value is -2.24. The molecule has 6 heteroatoms. The Morgan fingerprint density at radius 3 is 2.16 bits per heavy atom. The Labute approximate surface area is 111 Å². The van der Waals surface area contributed by atoms with E-state index in [1.54, 1.807) is 0 Å². The molecule has 0 saturated carbocycles. The zero-order chi connectivity index (χ0) is 14.4. The van der Waals surface area contributed by atoms with Gasteiger partial charge < -0.3 is 18.9 Å². The molecule has 6 nitrogen and oxygen atoms in total. The zero-order valence-electron chi connectivity index (χ0n) is 11.3. The number of carbonyl (C=O) groups excluding carboxylic acids is 2. The Morgan fingerprint density at radius 1 is 1.11 bits per heavy atom. The lowest BCUT2D eigenvalue weighted by Gasteiger charge is -2.16. The van der Waals surface area contributed by atoms with Crippen LogP contribution in [-0.2, 0) is 9.53 Å². The summed E-state index contributed by atoms with van der Waals surface area (Å²) in [4.78, 5) is 22.3. The quantitative estimate of drug-likeness (QED) is 0.574. The largest absolute Gasteiger partial charge is 0.493 e. The second-order valence-electron chi connectivity index (χ2n) is 3.65. The molecule has 0 spiro atoms. The number of hydrogen-bond acceptors (Lipinski definition) is 6. The third kappa shape index (κ3) is 3.37. The molecule has 0 aliphatic rings. The van der Waals surface area contributed by atoms with Crippen molar-refractivity contribution in [3.05, 3.63) is 17.7 Å². The van der Waals surface area contributed by atoms with Crippen molar-refractivity contribution >= 4 is 12.3 Å². The van der Waals surface area contributed by atoms with Crippen LogP contribution in [0.5, 0.6) is 17.2 Å². The molecule has 0 amide bonds. The van der Waals surface area contributed by atoms with Crippen molar-refractivity contribution in [1.29, 1.82) is 0 Å². The van der Waals surface area contributed by atoms with Crippen LogP contribution in [0.15, 0.2) is 12.1 Å². The third-order valence-corrected chi connectivity index (χ3v) is 2.48. The van der Waals surface area contributed by atoms with Gasteiger partial charge in [-0.15, -0.1) is 0 Å². The number of methoxy groups -OCH3 is 3. The van der Waals surface area contributed by atoms with Gasteiger partial charge >= 0.3 is 5.97 Å². The Kier molecular flexibility index (Phi) is 5.17. The first-order valence-corrected chi connectivity index (χ1v) is 5.53. The highest BCUT2D eigenvalue weighted by atomic mass is 16.6. The normalized spacial score (nSPS) is 11.4. The minimum Gasteiger partial charge on any atom is -0.493 e. The topological polar surface area (TPSA) is 71.1 Å². The van der Waals surface area contributed by atoms with Crippen molar-refractivity contribution in [3.63, 3.8) is 0 Å². The molecule has 0 heterocycles. The fraction of sp³-hybridized carbons (Fsp3) is 0.385. The molecule has 0 radical (unpaired) electrons. The van der Waals surface area contributed by atoms with Crippen LogP contribution in [0.1, 0.15) is 17.3 Å². The molecular weight excluding hydrogens is 252 g/mol. The molecule has 0 N–H and O–H groups in total. The second-order valence-corrected chi connectivity index (χ2v) is 3.65. The van der Waals surface area contributed by atoms with E-state index in [1.165, 1.54) is 40.4 Å². The fourth-order valence-electron chi connectivity index (χ4n) is 1.47. The van der Waals surface area contributed by atoms with Gasteiger partial charge in [0, 0.05) is 6.07 Å². The van der Waals surface area contributed by atoms with Crippen molar-refractivity contribution in [2.75, 3.05) is 21.3 Å². The smallest absolute Gasteiger partial charge is 0.346 e. The lowest BCUT2D eigenvalue weighted by atomic mass is 10.2. The van der Waals surface area contributed by atoms with Gasteiger partial charge in [0.15, 0.2) is 23.9 Å². The van der Waals surface area contributed by atoms with Gasteiger partial charge in [0.25, 0.3) is 0 Å². The lowest BCUT2D eigenvalue weighted by molar-refractivity contribution is -0.147. The SMILES string of the molecule is COC(=O)C(C)Oc1cc(OC)c(OC)cc1C=O. The van der Waals surface area contributed by atoms with Crippen molar-refractivity contribution in [1.82, 2.24) is 0 Å². The molecule has 1 aromatic rings. The number of benzene rings is 1. The Bertz CT molecular complexity index is 468. The van der Waals surface area contributed by atoms with E-state index in [1.807, 2.05) is 0 Å². The molecule has 0 aromatic heterocycles. The molecular formula is C13H16O6. The van der Waals surface area contributed by atoms with E-state index in [0.717, 1.165) is 0 Å². The van der Waals surface area contributed by atoms with Crippen LogP contribution in [0.3, 0.4) is 0 Å². The van der Waals surface area contributed by atoms with Crippen molar-refractivity contribution in [2.45, 2.75) is 13.0 Å². The number of ether oxygens (including phenoxy) is 4. The minimum absolute atomic E-state index is 0.227. The van der Waals surface area contributed by atoms with E-state index in [0.29, 0.717) is 17.8 Å². The van der Waals surface area contributed by atoms with Crippen LogP contribution in [0.2, 0.25) is 0 Å². The Morgan fingerprint density at radius 2 is 1.68 bits per heavy atom. The molecule has 0 saturated heterocycles. The molecule has 0 bridgehead atoms. The van der Waals surface area contributed by atoms with Crippen LogP contribution in [-0.4, -0.2) is 39.7 Å². The molecule has 1 atom stereocenters. The second kappa shape index (κ2) is 6.63. The maximum atomic E-state index is 11.3. The highest BCUT2D eigenvalue weighted by Crippen LogP contribution is 2.34. The summed E-state index contributed by atoms with van der Waals surface area (Å²) in [5.41, 5.74) is 0.258. The summed E-state index contributed by atoms with van der Waals surface area (Å²) in [6, 6.07) is 2.97. The summed E-state index contributed by atoms with van der Waals surface area (Å²) in [5, 5.41) is 0. The van der Waals surface area contributed by atoms with E-state index in [-0.39, 0.29) is 11.3 Å². The van der Waals surface area contributed by atoms with Crippen LogP contribution in [0, 0.1) is 0 Å². The monoisotopic (exact) mass is 268 g/mol. The average Bonchev–Trinajstić information content (AvgIpc) is 2.45. The fourth-order valence-corrected chi connectivity index (χ4v) is 1.47. The molecule has 1 rings (SSSR count). The first-order valence-electron chi connectivity index (χ1n) is 5.53. The Balaban J connectivity index is 3.11. The van der Waals surface area contributed by atoms with Crippen molar-refractivity contribution in [3.8, 4) is 17.2 Å². The van der Waals surface area contributed by atoms with Gasteiger partial charge in [-0.25, -0.2) is 4.79 Å². The van der Waals surface area contributed by atoms with Crippen molar-refractivity contribution in [2.24, 2.45) is 0 Å². The standard InChI is InChI=1S/C13H16O6/c1-8(13(15)18-4)19-10-6-12(17-3)11(16-2)5-9(10)7-14/h5-8H,1-4H3. The van der Waals surface area contributed by atoms with Gasteiger partial charge in [-0.05, 0) is 13.0 Å². The molecule has 0 fully saturated rings. The van der Waals surface area contributed by atoms with E-state index in [4.69, 9.17) is 14.2 Å². The average molecular weight is 268 g/mol. The summed E-state index contributed by atoms with van der Waals surface area (Å²) in [5.74, 6) is 0.500. The maximum absolute atomic E-state index is 11.3. The maximum Gasteiger partial charge on any atom is 0.346 e. The number of carbonyl (C=O) groups is 2. The highest BCUT2D eigenvalue weighted by molar-refractivity contribution is 5.82. The van der Waals surface area contributed by atoms with Crippen LogP contribution >= 0.6 is 0 Å². The molecule has 104 valence electrons. The number of rotatable bonds is 6. The molecule has 0 aliphatic carbocycles. The zero-order valence-corrected chi connectivity index (χ0v) is 11.3. The predicted molar refractivity (Wildman–Crippen MR) is 67.0 cm³/mol. The van der Waals surface area contributed by atoms with Gasteiger partial charge in [0.05, 0.1) is 26.9 Å². The lowest BCUT2D eigenvalue weighted by Crippen LogP contribution is -2.25. The molecule has 1 aromatic carbocycles. The third-order valence-electron chi connectivity index (χ3n) is 2.48. The van der Waals surface area contributed by atoms with Crippen LogP contribution < -0.4 is 14.2 Å². The first-order chi connectivity index (χ1) is 9.07. The highest BCUT2D eigenvalue weighted by Gasteiger charge is 2.19. The molecule has 0 aliphatic heterocycles. The van der Waals surface area contributed by atoms with Gasteiger partial charge in [0.1, 0.15) is 5.75 Å². The number of aldehydes is 1. The minimum atomic E-state index is -0.832.